The number of carbonyl (C=O) groups excluding carboxylic acids is 3. The van der Waals surface area contributed by atoms with Gasteiger partial charge in [0.05, 0.1) is 11.6 Å². The molecule has 0 spiro atoms. The first kappa shape index (κ1) is 18.4. The summed E-state index contributed by atoms with van der Waals surface area (Å²) < 4.78 is 0. The van der Waals surface area contributed by atoms with Crippen molar-refractivity contribution in [1.29, 1.82) is 0 Å². The van der Waals surface area contributed by atoms with Gasteiger partial charge in [-0.3, -0.25) is 14.4 Å². The fourth-order valence-electron chi connectivity index (χ4n) is 3.20. The third-order valence-corrected chi connectivity index (χ3v) is 4.43. The van der Waals surface area contributed by atoms with E-state index >= 15 is 0 Å². The van der Waals surface area contributed by atoms with E-state index < -0.39 is 17.7 Å². The number of aliphatic hydroxyl groups is 1. The van der Waals surface area contributed by atoms with Gasteiger partial charge in [-0.15, -0.1) is 0 Å². The van der Waals surface area contributed by atoms with E-state index in [1.807, 2.05) is 18.2 Å². The zero-order valence-corrected chi connectivity index (χ0v) is 14.9. The Kier molecular flexibility index (Phi) is 5.35. The van der Waals surface area contributed by atoms with E-state index in [1.165, 1.54) is 11.8 Å². The topological polar surface area (TPSA) is 86.7 Å². The summed E-state index contributed by atoms with van der Waals surface area (Å²) in [5.41, 5.74) is 1.25. The van der Waals surface area contributed by atoms with Crippen molar-refractivity contribution in [2.75, 3.05) is 13.1 Å². The number of rotatable bonds is 5. The molecule has 1 saturated heterocycles. The lowest BCUT2D eigenvalue weighted by atomic mass is 9.95. The fraction of sp³-hybridized carbons (Fsp3) is 0.190. The van der Waals surface area contributed by atoms with E-state index in [-0.39, 0.29) is 30.3 Å². The van der Waals surface area contributed by atoms with Gasteiger partial charge in [0.2, 0.25) is 5.91 Å². The van der Waals surface area contributed by atoms with Gasteiger partial charge in [-0.2, -0.15) is 0 Å². The van der Waals surface area contributed by atoms with Crippen LogP contribution < -0.4 is 5.32 Å². The van der Waals surface area contributed by atoms with Crippen molar-refractivity contribution in [3.05, 3.63) is 77.4 Å². The Morgan fingerprint density at radius 1 is 1.04 bits per heavy atom. The Morgan fingerprint density at radius 2 is 1.63 bits per heavy atom. The lowest BCUT2D eigenvalue weighted by molar-refractivity contribution is -0.139. The molecule has 3 rings (SSSR count). The van der Waals surface area contributed by atoms with Crippen molar-refractivity contribution in [2.45, 2.75) is 13.0 Å². The molecule has 0 bridgehead atoms. The molecule has 2 aromatic carbocycles. The highest BCUT2D eigenvalue weighted by Gasteiger charge is 2.45. The number of hydrogen-bond donors (Lipinski definition) is 2. The number of carbonyl (C=O) groups is 3. The molecule has 6 nitrogen and oxygen atoms in total. The molecule has 0 saturated carbocycles. The second-order valence-corrected chi connectivity index (χ2v) is 6.25. The maximum atomic E-state index is 12.7. The summed E-state index contributed by atoms with van der Waals surface area (Å²) in [5, 5.41) is 13.4. The molecular weight excluding hydrogens is 344 g/mol. The van der Waals surface area contributed by atoms with Crippen LogP contribution in [0.4, 0.5) is 0 Å². The summed E-state index contributed by atoms with van der Waals surface area (Å²) in [6.07, 6.45) is 0. The molecule has 138 valence electrons. The van der Waals surface area contributed by atoms with Crippen molar-refractivity contribution < 1.29 is 19.5 Å². The van der Waals surface area contributed by atoms with Crippen molar-refractivity contribution in [1.82, 2.24) is 10.2 Å². The molecule has 1 heterocycles. The van der Waals surface area contributed by atoms with E-state index in [4.69, 9.17) is 0 Å². The van der Waals surface area contributed by atoms with Crippen molar-refractivity contribution >= 4 is 23.4 Å². The van der Waals surface area contributed by atoms with Gasteiger partial charge >= 0.3 is 0 Å². The van der Waals surface area contributed by atoms with Crippen molar-refractivity contribution in [3.8, 4) is 0 Å². The van der Waals surface area contributed by atoms with Crippen LogP contribution in [0.15, 0.2) is 66.2 Å². The average Bonchev–Trinajstić information content (AvgIpc) is 2.93. The smallest absolute Gasteiger partial charge is 0.295 e. The second-order valence-electron chi connectivity index (χ2n) is 6.25. The van der Waals surface area contributed by atoms with Crippen LogP contribution in [0.5, 0.6) is 0 Å². The molecule has 2 aromatic rings. The third-order valence-electron chi connectivity index (χ3n) is 4.43. The molecule has 1 fully saturated rings. The quantitative estimate of drug-likeness (QED) is 0.484. The predicted molar refractivity (Wildman–Crippen MR) is 101 cm³/mol. The largest absolute Gasteiger partial charge is 0.507 e. The zero-order valence-electron chi connectivity index (χ0n) is 14.9. The first-order valence-electron chi connectivity index (χ1n) is 8.64. The highest BCUT2D eigenvalue weighted by Crippen LogP contribution is 2.38. The Bertz CT molecular complexity index is 891. The molecule has 1 aliphatic heterocycles. The van der Waals surface area contributed by atoms with Gasteiger partial charge in [-0.05, 0) is 5.56 Å². The summed E-state index contributed by atoms with van der Waals surface area (Å²) in [4.78, 5) is 37.9. The van der Waals surface area contributed by atoms with Crippen LogP contribution in [0.25, 0.3) is 5.76 Å². The lowest BCUT2D eigenvalue weighted by Gasteiger charge is -2.25. The first-order chi connectivity index (χ1) is 13.0. The average molecular weight is 364 g/mol. The van der Waals surface area contributed by atoms with Gasteiger partial charge in [-0.25, -0.2) is 0 Å². The number of likely N-dealkylation sites (tertiary alicyclic amines) is 1. The molecule has 0 radical (unpaired) electrons. The summed E-state index contributed by atoms with van der Waals surface area (Å²) in [6.45, 7) is 1.77. The van der Waals surface area contributed by atoms with E-state index in [0.717, 1.165) is 5.56 Å². The highest BCUT2D eigenvalue weighted by molar-refractivity contribution is 6.46. The van der Waals surface area contributed by atoms with Gasteiger partial charge in [-0.1, -0.05) is 60.7 Å². The molecule has 27 heavy (non-hydrogen) atoms. The van der Waals surface area contributed by atoms with E-state index in [2.05, 4.69) is 5.32 Å². The minimum atomic E-state index is -0.729. The summed E-state index contributed by atoms with van der Waals surface area (Å²) >= 11 is 0. The Balaban J connectivity index is 2.07. The summed E-state index contributed by atoms with van der Waals surface area (Å²) in [7, 11) is 0. The first-order valence-corrected chi connectivity index (χ1v) is 8.64. The predicted octanol–water partition coefficient (Wildman–Crippen LogP) is 2.24. The number of nitrogens with zero attached hydrogens (tertiary/aromatic N) is 1. The SMILES string of the molecule is CC(=O)NCCN1C(=O)C(=O)C(=C(O)c2ccccc2)[C@H]1c1ccccc1. The molecule has 0 aromatic heterocycles. The van der Waals surface area contributed by atoms with Gasteiger partial charge < -0.3 is 15.3 Å². The molecule has 2 N–H and O–H groups in total. The maximum Gasteiger partial charge on any atom is 0.295 e. The van der Waals surface area contributed by atoms with Crippen LogP contribution in [0, 0.1) is 0 Å². The highest BCUT2D eigenvalue weighted by atomic mass is 16.3. The minimum absolute atomic E-state index is 0.0558. The van der Waals surface area contributed by atoms with Gasteiger partial charge in [0.25, 0.3) is 11.7 Å². The Hall–Kier alpha value is -3.41. The van der Waals surface area contributed by atoms with Crippen LogP contribution in [0.3, 0.4) is 0 Å². The molecule has 6 heteroatoms. The molecule has 1 atom stereocenters. The number of amides is 2. The fourth-order valence-corrected chi connectivity index (χ4v) is 3.20. The number of nitrogens with one attached hydrogen (secondary N) is 1. The number of aliphatic hydroxyl groups excluding tert-OH is 1. The van der Waals surface area contributed by atoms with E-state index in [1.54, 1.807) is 42.5 Å². The lowest BCUT2D eigenvalue weighted by Crippen LogP contribution is -2.37. The van der Waals surface area contributed by atoms with E-state index in [0.29, 0.717) is 5.56 Å². The second kappa shape index (κ2) is 7.86. The summed E-state index contributed by atoms with van der Waals surface area (Å²) in [6, 6.07) is 17.0. The van der Waals surface area contributed by atoms with Crippen LogP contribution in [0.2, 0.25) is 0 Å². The summed E-state index contributed by atoms with van der Waals surface area (Å²) in [5.74, 6) is -1.84. The number of ketones is 1. The van der Waals surface area contributed by atoms with Crippen molar-refractivity contribution in [3.63, 3.8) is 0 Å². The van der Waals surface area contributed by atoms with E-state index in [9.17, 15) is 19.5 Å². The minimum Gasteiger partial charge on any atom is -0.507 e. The molecular formula is C21H20N2O4. The molecule has 2 amide bonds. The van der Waals surface area contributed by atoms with Crippen LogP contribution >= 0.6 is 0 Å². The molecule has 0 unspecified atom stereocenters. The number of benzene rings is 2. The number of Topliss-reactive ketones (excluding diaryl/α,β-unsaturated/α-hetero) is 1. The Labute approximate surface area is 157 Å². The Morgan fingerprint density at radius 3 is 2.22 bits per heavy atom. The number of hydrogen-bond acceptors (Lipinski definition) is 4. The zero-order chi connectivity index (χ0) is 19.4. The molecule has 1 aliphatic rings. The normalized spacial score (nSPS) is 18.6. The monoisotopic (exact) mass is 364 g/mol. The standard InChI is InChI=1S/C21H20N2O4/c1-14(24)22-12-13-23-18(15-8-4-2-5-9-15)17(20(26)21(23)27)19(25)16-10-6-3-7-11-16/h2-11,18,25H,12-13H2,1H3,(H,22,24)/t18-/m1/s1. The van der Waals surface area contributed by atoms with Crippen molar-refractivity contribution in [2.24, 2.45) is 0 Å². The van der Waals surface area contributed by atoms with Crippen LogP contribution in [-0.4, -0.2) is 40.7 Å². The van der Waals surface area contributed by atoms with Gasteiger partial charge in [0.1, 0.15) is 5.76 Å². The third kappa shape index (κ3) is 3.74. The van der Waals surface area contributed by atoms with Gasteiger partial charge in [0.15, 0.2) is 0 Å². The molecule has 0 aliphatic carbocycles. The van der Waals surface area contributed by atoms with Gasteiger partial charge in [0, 0.05) is 25.6 Å². The van der Waals surface area contributed by atoms with Crippen LogP contribution in [0.1, 0.15) is 24.1 Å². The van der Waals surface area contributed by atoms with Crippen LogP contribution in [-0.2, 0) is 14.4 Å². The maximum absolute atomic E-state index is 12.7.